The number of halogens is 1. The maximum absolute atomic E-state index is 10.4. The first-order valence-electron chi connectivity index (χ1n) is 7.30. The Kier molecular flexibility index (Phi) is 3.58. The van der Waals surface area contributed by atoms with E-state index in [1.54, 1.807) is 12.1 Å². The molecule has 0 aromatic heterocycles. The summed E-state index contributed by atoms with van der Waals surface area (Å²) in [6, 6.07) is 4.74. The summed E-state index contributed by atoms with van der Waals surface area (Å²) in [6.07, 6.45) is 1.51. The second kappa shape index (κ2) is 5.22. The van der Waals surface area contributed by atoms with Crippen molar-refractivity contribution in [3.63, 3.8) is 0 Å². The van der Waals surface area contributed by atoms with E-state index in [-0.39, 0.29) is 41.4 Å². The fourth-order valence-corrected chi connectivity index (χ4v) is 3.75. The topological polar surface area (TPSA) is 84.2 Å². The Balaban J connectivity index is 0.00000156. The molecule has 1 aliphatic carbocycles. The summed E-state index contributed by atoms with van der Waals surface area (Å²) >= 11 is 0. The standard InChI is InChI=1S/C17H17NO4.ClH/c1-18-3-2-8-5-14(21)17(22)16-10-7-13(20)12(19)6-9(10)4-11(18)15(8)16;/h5-7,11,19-22H,2-4H2,1H3;1H. The van der Waals surface area contributed by atoms with Gasteiger partial charge < -0.3 is 20.4 Å². The third-order valence-electron chi connectivity index (χ3n) is 4.89. The monoisotopic (exact) mass is 335 g/mol. The van der Waals surface area contributed by atoms with E-state index in [9.17, 15) is 20.4 Å². The Morgan fingerprint density at radius 2 is 1.61 bits per heavy atom. The average molecular weight is 336 g/mol. The van der Waals surface area contributed by atoms with E-state index in [2.05, 4.69) is 4.90 Å². The summed E-state index contributed by atoms with van der Waals surface area (Å²) in [4.78, 5) is 2.22. The highest BCUT2D eigenvalue weighted by atomic mass is 35.5. The van der Waals surface area contributed by atoms with Crippen LogP contribution in [0.15, 0.2) is 18.2 Å². The fourth-order valence-electron chi connectivity index (χ4n) is 3.75. The quantitative estimate of drug-likeness (QED) is 0.556. The molecule has 2 aromatic carbocycles. The molecule has 0 fully saturated rings. The number of nitrogens with zero attached hydrogens (tertiary/aromatic N) is 1. The molecule has 23 heavy (non-hydrogen) atoms. The summed E-state index contributed by atoms with van der Waals surface area (Å²) in [5, 5.41) is 40.0. The number of fused-ring (bicyclic) bond motifs is 2. The summed E-state index contributed by atoms with van der Waals surface area (Å²) < 4.78 is 0. The van der Waals surface area contributed by atoms with Gasteiger partial charge in [0.2, 0.25) is 0 Å². The van der Waals surface area contributed by atoms with Crippen molar-refractivity contribution in [1.29, 1.82) is 0 Å². The zero-order valence-corrected chi connectivity index (χ0v) is 13.4. The van der Waals surface area contributed by atoms with Crippen LogP contribution in [0.4, 0.5) is 0 Å². The maximum Gasteiger partial charge on any atom is 0.165 e. The normalized spacial score (nSPS) is 18.7. The largest absolute Gasteiger partial charge is 0.504 e. The third-order valence-corrected chi connectivity index (χ3v) is 4.89. The van der Waals surface area contributed by atoms with Gasteiger partial charge in [-0.05, 0) is 60.3 Å². The van der Waals surface area contributed by atoms with Gasteiger partial charge in [-0.25, -0.2) is 0 Å². The lowest BCUT2D eigenvalue weighted by Crippen LogP contribution is -2.35. The molecule has 1 heterocycles. The van der Waals surface area contributed by atoms with Crippen molar-refractivity contribution in [3.05, 3.63) is 34.9 Å². The van der Waals surface area contributed by atoms with E-state index in [1.807, 2.05) is 7.05 Å². The van der Waals surface area contributed by atoms with Crippen LogP contribution in [0.25, 0.3) is 11.1 Å². The molecular formula is C17H18ClNO4. The van der Waals surface area contributed by atoms with Gasteiger partial charge in [-0.1, -0.05) is 0 Å². The Morgan fingerprint density at radius 3 is 2.35 bits per heavy atom. The van der Waals surface area contributed by atoms with Crippen molar-refractivity contribution in [1.82, 2.24) is 4.90 Å². The first kappa shape index (κ1) is 15.8. The molecule has 122 valence electrons. The highest BCUT2D eigenvalue weighted by Crippen LogP contribution is 2.53. The van der Waals surface area contributed by atoms with Gasteiger partial charge in [0, 0.05) is 18.2 Å². The van der Waals surface area contributed by atoms with Crippen molar-refractivity contribution in [3.8, 4) is 34.1 Å². The van der Waals surface area contributed by atoms with Gasteiger partial charge in [-0.2, -0.15) is 0 Å². The molecule has 0 spiro atoms. The Labute approximate surface area is 139 Å². The van der Waals surface area contributed by atoms with E-state index in [1.165, 1.54) is 6.07 Å². The van der Waals surface area contributed by atoms with Crippen LogP contribution in [-0.4, -0.2) is 38.9 Å². The molecule has 0 radical (unpaired) electrons. The minimum Gasteiger partial charge on any atom is -0.504 e. The maximum atomic E-state index is 10.4. The lowest BCUT2D eigenvalue weighted by atomic mass is 9.76. The van der Waals surface area contributed by atoms with E-state index >= 15 is 0 Å². The zero-order valence-electron chi connectivity index (χ0n) is 12.6. The molecule has 2 aromatic rings. The molecule has 0 saturated carbocycles. The van der Waals surface area contributed by atoms with Crippen LogP contribution >= 0.6 is 12.4 Å². The van der Waals surface area contributed by atoms with Gasteiger partial charge in [0.05, 0.1) is 0 Å². The second-order valence-corrected chi connectivity index (χ2v) is 6.14. The number of phenols is 4. The smallest absolute Gasteiger partial charge is 0.165 e. The number of aromatic hydroxyl groups is 4. The van der Waals surface area contributed by atoms with Gasteiger partial charge in [0.25, 0.3) is 0 Å². The first-order valence-corrected chi connectivity index (χ1v) is 7.30. The van der Waals surface area contributed by atoms with E-state index in [4.69, 9.17) is 0 Å². The zero-order chi connectivity index (χ0) is 15.6. The summed E-state index contributed by atoms with van der Waals surface area (Å²) in [6.45, 7) is 0.876. The highest BCUT2D eigenvalue weighted by Gasteiger charge is 2.36. The number of hydrogen-bond donors (Lipinski definition) is 4. The fraction of sp³-hybridized carbons (Fsp3) is 0.294. The molecule has 1 atom stereocenters. The van der Waals surface area contributed by atoms with Crippen molar-refractivity contribution >= 4 is 12.4 Å². The average Bonchev–Trinajstić information content (AvgIpc) is 2.48. The predicted molar refractivity (Wildman–Crippen MR) is 88.6 cm³/mol. The van der Waals surface area contributed by atoms with Crippen LogP contribution in [-0.2, 0) is 12.8 Å². The van der Waals surface area contributed by atoms with Gasteiger partial charge in [0.15, 0.2) is 23.0 Å². The SMILES string of the molecule is CN1CCc2cc(O)c(O)c3c2C1Cc1cc(O)c(O)cc1-3.Cl. The molecule has 1 unspecified atom stereocenters. The predicted octanol–water partition coefficient (Wildman–Crippen LogP) is 2.68. The van der Waals surface area contributed by atoms with Crippen LogP contribution in [0.1, 0.15) is 22.7 Å². The minimum atomic E-state index is -0.224. The minimum absolute atomic E-state index is 0. The second-order valence-electron chi connectivity index (χ2n) is 6.14. The third kappa shape index (κ3) is 2.11. The van der Waals surface area contributed by atoms with Crippen molar-refractivity contribution in [2.75, 3.05) is 13.6 Å². The van der Waals surface area contributed by atoms with E-state index in [0.717, 1.165) is 29.7 Å². The molecular weight excluding hydrogens is 318 g/mol. The molecule has 0 amide bonds. The highest BCUT2D eigenvalue weighted by molar-refractivity contribution is 5.85. The van der Waals surface area contributed by atoms with Crippen molar-refractivity contribution < 1.29 is 20.4 Å². The molecule has 4 N–H and O–H groups in total. The van der Waals surface area contributed by atoms with Crippen LogP contribution in [0.3, 0.4) is 0 Å². The number of likely N-dealkylation sites (N-methyl/N-ethyl adjacent to an activating group) is 1. The first-order chi connectivity index (χ1) is 10.5. The number of rotatable bonds is 0. The van der Waals surface area contributed by atoms with E-state index < -0.39 is 0 Å². The molecule has 4 rings (SSSR count). The summed E-state index contributed by atoms with van der Waals surface area (Å²) in [7, 11) is 2.03. The Morgan fingerprint density at radius 1 is 0.957 bits per heavy atom. The van der Waals surface area contributed by atoms with Crippen LogP contribution in [0, 0.1) is 0 Å². The van der Waals surface area contributed by atoms with Crippen LogP contribution in [0.5, 0.6) is 23.0 Å². The molecule has 1 aliphatic heterocycles. The molecule has 6 heteroatoms. The lowest BCUT2D eigenvalue weighted by Gasteiger charge is -2.40. The molecule has 0 bridgehead atoms. The summed E-state index contributed by atoms with van der Waals surface area (Å²) in [5.41, 5.74) is 4.15. The molecule has 0 saturated heterocycles. The Hall–Kier alpha value is -2.11. The van der Waals surface area contributed by atoms with Crippen molar-refractivity contribution in [2.24, 2.45) is 0 Å². The van der Waals surface area contributed by atoms with Gasteiger partial charge in [-0.3, -0.25) is 4.90 Å². The number of benzene rings is 2. The van der Waals surface area contributed by atoms with Crippen LogP contribution in [0.2, 0.25) is 0 Å². The van der Waals surface area contributed by atoms with Gasteiger partial charge in [-0.15, -0.1) is 12.4 Å². The Bertz CT molecular complexity index is 806. The van der Waals surface area contributed by atoms with E-state index in [0.29, 0.717) is 17.5 Å². The summed E-state index contributed by atoms with van der Waals surface area (Å²) in [5.74, 6) is -0.694. The number of phenolic OH excluding ortho intramolecular Hbond substituents is 4. The van der Waals surface area contributed by atoms with Gasteiger partial charge in [0.1, 0.15) is 0 Å². The molecule has 5 nitrogen and oxygen atoms in total. The van der Waals surface area contributed by atoms with Crippen LogP contribution < -0.4 is 0 Å². The van der Waals surface area contributed by atoms with Crippen molar-refractivity contribution in [2.45, 2.75) is 18.9 Å². The molecule has 2 aliphatic rings. The number of hydrogen-bond acceptors (Lipinski definition) is 5. The lowest BCUT2D eigenvalue weighted by molar-refractivity contribution is 0.226. The van der Waals surface area contributed by atoms with Gasteiger partial charge >= 0.3 is 0 Å².